The molecule has 0 amide bonds. The summed E-state index contributed by atoms with van der Waals surface area (Å²) in [7, 11) is 2.08. The first-order chi connectivity index (χ1) is 14.6. The molecule has 4 rings (SSSR count). The van der Waals surface area contributed by atoms with Crippen LogP contribution in [0.1, 0.15) is 46.1 Å². The quantitative estimate of drug-likeness (QED) is 0.599. The lowest BCUT2D eigenvalue weighted by Gasteiger charge is -2.49. The number of aromatic nitrogens is 3. The number of piperidine rings is 1. The van der Waals surface area contributed by atoms with Crippen molar-refractivity contribution in [3.63, 3.8) is 0 Å². The van der Waals surface area contributed by atoms with E-state index < -0.39 is 0 Å². The number of rotatable bonds is 4. The summed E-state index contributed by atoms with van der Waals surface area (Å²) in [6, 6.07) is 9.32. The van der Waals surface area contributed by atoms with E-state index in [-0.39, 0.29) is 23.1 Å². The molecular formula is C24H31N5O2. The first-order valence-electron chi connectivity index (χ1n) is 10.7. The minimum absolute atomic E-state index is 0.0477. The van der Waals surface area contributed by atoms with Gasteiger partial charge in [0.25, 0.3) is 0 Å². The number of nitrogens with zero attached hydrogens (tertiary/aromatic N) is 3. The van der Waals surface area contributed by atoms with Gasteiger partial charge in [-0.05, 0) is 70.4 Å². The number of aromatic amines is 1. The number of hydrogen-bond acceptors (Lipinski definition) is 6. The number of aliphatic hydroxyl groups is 1. The molecule has 31 heavy (non-hydrogen) atoms. The molecule has 0 unspecified atom stereocenters. The number of pyridine rings is 1. The van der Waals surface area contributed by atoms with Crippen LogP contribution in [0.2, 0.25) is 0 Å². The van der Waals surface area contributed by atoms with Gasteiger partial charge in [0.15, 0.2) is 11.2 Å². The molecule has 1 aromatic carbocycles. The van der Waals surface area contributed by atoms with Crippen molar-refractivity contribution in [2.75, 3.05) is 11.9 Å². The van der Waals surface area contributed by atoms with Crippen LogP contribution in [-0.2, 0) is 6.61 Å². The van der Waals surface area contributed by atoms with Crippen molar-refractivity contribution in [1.82, 2.24) is 20.5 Å². The molecule has 1 saturated heterocycles. The fourth-order valence-electron chi connectivity index (χ4n) is 5.02. The summed E-state index contributed by atoms with van der Waals surface area (Å²) in [4.78, 5) is 17.4. The Morgan fingerprint density at radius 2 is 1.81 bits per heavy atom. The number of fused-ring (bicyclic) bond motifs is 1. The fourth-order valence-corrected chi connectivity index (χ4v) is 5.02. The van der Waals surface area contributed by atoms with Crippen LogP contribution in [0, 0.1) is 0 Å². The van der Waals surface area contributed by atoms with Crippen LogP contribution in [0.15, 0.2) is 41.3 Å². The molecule has 3 heterocycles. The van der Waals surface area contributed by atoms with Crippen molar-refractivity contribution in [3.05, 3.63) is 52.3 Å². The minimum Gasteiger partial charge on any atom is -0.392 e. The van der Waals surface area contributed by atoms with Crippen molar-refractivity contribution >= 4 is 16.7 Å². The van der Waals surface area contributed by atoms with E-state index in [1.165, 1.54) is 6.07 Å². The van der Waals surface area contributed by atoms with Gasteiger partial charge in [0.05, 0.1) is 12.3 Å². The highest BCUT2D eigenvalue weighted by Gasteiger charge is 2.39. The first-order valence-corrected chi connectivity index (χ1v) is 10.7. The smallest absolute Gasteiger partial charge is 0.189 e. The fraction of sp³-hybridized carbons (Fsp3) is 0.458. The normalized spacial score (nSPS) is 18.3. The summed E-state index contributed by atoms with van der Waals surface area (Å²) in [6.07, 6.45) is 3.66. The van der Waals surface area contributed by atoms with Crippen LogP contribution in [0.4, 0.5) is 5.82 Å². The Bertz CT molecular complexity index is 1130. The van der Waals surface area contributed by atoms with E-state index in [2.05, 4.69) is 60.1 Å². The predicted molar refractivity (Wildman–Crippen MR) is 124 cm³/mol. The molecule has 0 aliphatic carbocycles. The average Bonchev–Trinajstić information content (AvgIpc) is 2.70. The number of H-pyrrole nitrogens is 1. The summed E-state index contributed by atoms with van der Waals surface area (Å²) < 4.78 is 0. The van der Waals surface area contributed by atoms with Gasteiger partial charge in [-0.2, -0.15) is 0 Å². The van der Waals surface area contributed by atoms with Gasteiger partial charge in [-0.1, -0.05) is 0 Å². The zero-order chi connectivity index (χ0) is 22.4. The van der Waals surface area contributed by atoms with E-state index >= 15 is 0 Å². The SMILES string of the molecule is CN(c1ccc(-c2cc3[nH]ccc(=O)c3cc2CO)nn1)C1CC(C)(C)NC(C)(C)C1. The molecule has 3 aromatic rings. The number of hydrogen-bond donors (Lipinski definition) is 3. The lowest BCUT2D eigenvalue weighted by Crippen LogP contribution is -2.62. The molecule has 2 aromatic heterocycles. The van der Waals surface area contributed by atoms with Crippen LogP contribution in [0.25, 0.3) is 22.2 Å². The number of aliphatic hydroxyl groups excluding tert-OH is 1. The first kappa shape index (κ1) is 21.5. The third-order valence-corrected chi connectivity index (χ3v) is 6.16. The van der Waals surface area contributed by atoms with E-state index in [0.717, 1.165) is 24.2 Å². The third kappa shape index (κ3) is 4.34. The van der Waals surface area contributed by atoms with Gasteiger partial charge in [0.1, 0.15) is 0 Å². The average molecular weight is 422 g/mol. The van der Waals surface area contributed by atoms with Crippen molar-refractivity contribution in [2.45, 2.75) is 64.3 Å². The number of anilines is 1. The second-order valence-electron chi connectivity index (χ2n) is 9.90. The zero-order valence-electron chi connectivity index (χ0n) is 18.9. The maximum Gasteiger partial charge on any atom is 0.189 e. The Morgan fingerprint density at radius 3 is 2.42 bits per heavy atom. The molecule has 1 fully saturated rings. The van der Waals surface area contributed by atoms with Gasteiger partial charge >= 0.3 is 0 Å². The van der Waals surface area contributed by atoms with Gasteiger partial charge in [-0.15, -0.1) is 10.2 Å². The molecule has 0 spiro atoms. The largest absolute Gasteiger partial charge is 0.392 e. The molecule has 7 nitrogen and oxygen atoms in total. The lowest BCUT2D eigenvalue weighted by atomic mass is 9.79. The van der Waals surface area contributed by atoms with Crippen LogP contribution in [0.5, 0.6) is 0 Å². The second-order valence-corrected chi connectivity index (χ2v) is 9.90. The minimum atomic E-state index is -0.178. The van der Waals surface area contributed by atoms with Gasteiger partial charge in [0, 0.05) is 52.9 Å². The highest BCUT2D eigenvalue weighted by molar-refractivity contribution is 5.85. The van der Waals surface area contributed by atoms with E-state index in [9.17, 15) is 9.90 Å². The van der Waals surface area contributed by atoms with Crippen LogP contribution >= 0.6 is 0 Å². The molecule has 0 saturated carbocycles. The Hall–Kier alpha value is -2.77. The Labute approximate surface area is 182 Å². The highest BCUT2D eigenvalue weighted by Crippen LogP contribution is 2.33. The topological polar surface area (TPSA) is 94.1 Å². The summed E-state index contributed by atoms with van der Waals surface area (Å²) in [5.74, 6) is 0.821. The molecule has 0 bridgehead atoms. The van der Waals surface area contributed by atoms with E-state index in [0.29, 0.717) is 28.2 Å². The third-order valence-electron chi connectivity index (χ3n) is 6.16. The maximum absolute atomic E-state index is 12.1. The van der Waals surface area contributed by atoms with Crippen molar-refractivity contribution in [2.24, 2.45) is 0 Å². The standard InChI is InChI=1S/C24H31N5O2/c1-23(2)12-16(13-24(3,4)28-23)29(5)22-7-6-19(26-27-22)17-11-20-18(10-15(17)14-30)21(31)8-9-25-20/h6-11,16,28,30H,12-14H2,1-5H3,(H,25,31). The lowest BCUT2D eigenvalue weighted by molar-refractivity contribution is 0.160. The molecule has 1 aliphatic rings. The molecule has 7 heteroatoms. The highest BCUT2D eigenvalue weighted by atomic mass is 16.3. The van der Waals surface area contributed by atoms with Crippen molar-refractivity contribution in [3.8, 4) is 11.3 Å². The van der Waals surface area contributed by atoms with Crippen LogP contribution in [0.3, 0.4) is 0 Å². The molecule has 3 N–H and O–H groups in total. The molecular weight excluding hydrogens is 390 g/mol. The molecule has 0 radical (unpaired) electrons. The summed E-state index contributed by atoms with van der Waals surface area (Å²) in [5.41, 5.74) is 2.81. The van der Waals surface area contributed by atoms with Crippen LogP contribution < -0.4 is 15.6 Å². The van der Waals surface area contributed by atoms with Crippen molar-refractivity contribution < 1.29 is 5.11 Å². The Balaban J connectivity index is 1.65. The zero-order valence-corrected chi connectivity index (χ0v) is 18.9. The van der Waals surface area contributed by atoms with E-state index in [1.807, 2.05) is 18.2 Å². The predicted octanol–water partition coefficient (Wildman–Crippen LogP) is 3.22. The monoisotopic (exact) mass is 421 g/mol. The molecule has 0 atom stereocenters. The number of benzene rings is 1. The maximum atomic E-state index is 12.1. The summed E-state index contributed by atoms with van der Waals surface area (Å²) >= 11 is 0. The Kier molecular flexibility index (Phi) is 5.35. The van der Waals surface area contributed by atoms with Gasteiger partial charge in [0.2, 0.25) is 0 Å². The second kappa shape index (κ2) is 7.73. The van der Waals surface area contributed by atoms with Crippen molar-refractivity contribution in [1.29, 1.82) is 0 Å². The van der Waals surface area contributed by atoms with E-state index in [4.69, 9.17) is 0 Å². The van der Waals surface area contributed by atoms with Gasteiger partial charge in [-0.25, -0.2) is 0 Å². The molecule has 164 valence electrons. The summed E-state index contributed by atoms with van der Waals surface area (Å²) in [6.45, 7) is 8.78. The molecule has 1 aliphatic heterocycles. The number of nitrogens with one attached hydrogen (secondary N) is 2. The van der Waals surface area contributed by atoms with Gasteiger partial charge < -0.3 is 20.3 Å². The van der Waals surface area contributed by atoms with Gasteiger partial charge in [-0.3, -0.25) is 4.79 Å². The Morgan fingerprint density at radius 1 is 1.10 bits per heavy atom. The van der Waals surface area contributed by atoms with Crippen LogP contribution in [-0.4, -0.2) is 44.5 Å². The summed E-state index contributed by atoms with van der Waals surface area (Å²) in [5, 5.41) is 23.1. The van der Waals surface area contributed by atoms with E-state index in [1.54, 1.807) is 12.3 Å².